The molecular formula is C20H26N4O. The molecule has 0 aliphatic heterocycles. The Morgan fingerprint density at radius 2 is 1.84 bits per heavy atom. The number of H-pyrrole nitrogens is 1. The second-order valence-electron chi connectivity index (χ2n) is 6.58. The molecule has 0 amide bonds. The summed E-state index contributed by atoms with van der Waals surface area (Å²) in [5.74, 6) is 0.995. The van der Waals surface area contributed by atoms with Gasteiger partial charge in [0.15, 0.2) is 0 Å². The summed E-state index contributed by atoms with van der Waals surface area (Å²) >= 11 is 0. The molecule has 5 heteroatoms. The zero-order valence-corrected chi connectivity index (χ0v) is 15.0. The van der Waals surface area contributed by atoms with Crippen molar-refractivity contribution in [1.82, 2.24) is 20.0 Å². The lowest BCUT2D eigenvalue weighted by Gasteiger charge is -2.22. The quantitative estimate of drug-likeness (QED) is 0.647. The van der Waals surface area contributed by atoms with Crippen molar-refractivity contribution in [2.45, 2.75) is 19.5 Å². The van der Waals surface area contributed by atoms with Crippen molar-refractivity contribution in [1.29, 1.82) is 0 Å². The molecule has 2 heterocycles. The molecule has 0 unspecified atom stereocenters. The fourth-order valence-electron chi connectivity index (χ4n) is 2.97. The predicted octanol–water partition coefficient (Wildman–Crippen LogP) is 3.62. The van der Waals surface area contributed by atoms with Crippen LogP contribution in [0.1, 0.15) is 17.7 Å². The van der Waals surface area contributed by atoms with Crippen molar-refractivity contribution in [3.05, 3.63) is 66.2 Å². The molecular weight excluding hydrogens is 312 g/mol. The number of hydrogen-bond acceptors (Lipinski definition) is 4. The lowest BCUT2D eigenvalue weighted by molar-refractivity contribution is 0.222. The fraction of sp³-hybridized carbons (Fsp3) is 0.350. The van der Waals surface area contributed by atoms with Crippen molar-refractivity contribution in [2.24, 2.45) is 0 Å². The van der Waals surface area contributed by atoms with Crippen LogP contribution in [-0.4, -0.2) is 47.2 Å². The highest BCUT2D eigenvalue weighted by Gasteiger charge is 2.14. The molecule has 3 aromatic rings. The standard InChI is InChI=1S/C20H26N4O/c1-23(2)11-7-12-24(16-19-10-6-13-25-19)15-18-14-21-22-20(18)17-8-4-3-5-9-17/h3-6,8-10,13-14H,7,11-12,15-16H2,1-2H3,(H,21,22). The Hall–Kier alpha value is -2.37. The smallest absolute Gasteiger partial charge is 0.117 e. The van der Waals surface area contributed by atoms with Crippen LogP contribution < -0.4 is 0 Å². The maximum Gasteiger partial charge on any atom is 0.117 e. The molecule has 0 fully saturated rings. The van der Waals surface area contributed by atoms with Gasteiger partial charge in [0.1, 0.15) is 5.76 Å². The van der Waals surface area contributed by atoms with E-state index in [4.69, 9.17) is 4.42 Å². The highest BCUT2D eigenvalue weighted by Crippen LogP contribution is 2.22. The molecule has 0 atom stereocenters. The molecule has 2 aromatic heterocycles. The third kappa shape index (κ3) is 5.05. The zero-order valence-electron chi connectivity index (χ0n) is 15.0. The van der Waals surface area contributed by atoms with Crippen molar-refractivity contribution < 1.29 is 4.42 Å². The number of rotatable bonds is 9. The van der Waals surface area contributed by atoms with Crippen molar-refractivity contribution in [2.75, 3.05) is 27.2 Å². The van der Waals surface area contributed by atoms with Gasteiger partial charge in [-0.05, 0) is 44.8 Å². The number of hydrogen-bond donors (Lipinski definition) is 1. The van der Waals surface area contributed by atoms with E-state index < -0.39 is 0 Å². The molecule has 0 aliphatic carbocycles. The van der Waals surface area contributed by atoms with E-state index in [2.05, 4.69) is 58.4 Å². The Bertz CT molecular complexity index is 734. The number of nitrogens with zero attached hydrogens (tertiary/aromatic N) is 3. The summed E-state index contributed by atoms with van der Waals surface area (Å²) in [5, 5.41) is 7.43. The van der Waals surface area contributed by atoms with Crippen LogP contribution in [0.2, 0.25) is 0 Å². The van der Waals surface area contributed by atoms with Crippen LogP contribution in [0.5, 0.6) is 0 Å². The molecule has 132 valence electrons. The summed E-state index contributed by atoms with van der Waals surface area (Å²) in [6.45, 7) is 3.73. The highest BCUT2D eigenvalue weighted by molar-refractivity contribution is 5.62. The number of benzene rings is 1. The summed E-state index contributed by atoms with van der Waals surface area (Å²) in [4.78, 5) is 4.64. The normalized spacial score (nSPS) is 11.5. The van der Waals surface area contributed by atoms with Gasteiger partial charge in [-0.25, -0.2) is 0 Å². The van der Waals surface area contributed by atoms with E-state index >= 15 is 0 Å². The average Bonchev–Trinajstić information content (AvgIpc) is 3.27. The van der Waals surface area contributed by atoms with Crippen LogP contribution in [-0.2, 0) is 13.1 Å². The summed E-state index contributed by atoms with van der Waals surface area (Å²) in [5.41, 5.74) is 3.47. The Kier molecular flexibility index (Phi) is 6.04. The lowest BCUT2D eigenvalue weighted by Crippen LogP contribution is -2.26. The first-order valence-corrected chi connectivity index (χ1v) is 8.69. The van der Waals surface area contributed by atoms with Gasteiger partial charge in [-0.15, -0.1) is 0 Å². The topological polar surface area (TPSA) is 48.3 Å². The second-order valence-corrected chi connectivity index (χ2v) is 6.58. The van der Waals surface area contributed by atoms with Crippen molar-refractivity contribution >= 4 is 0 Å². The van der Waals surface area contributed by atoms with Crippen LogP contribution in [0.25, 0.3) is 11.3 Å². The summed E-state index contributed by atoms with van der Waals surface area (Å²) in [7, 11) is 4.22. The molecule has 0 radical (unpaired) electrons. The van der Waals surface area contributed by atoms with E-state index in [9.17, 15) is 0 Å². The van der Waals surface area contributed by atoms with E-state index in [-0.39, 0.29) is 0 Å². The molecule has 0 spiro atoms. The summed E-state index contributed by atoms with van der Waals surface area (Å²) in [6.07, 6.45) is 4.79. The SMILES string of the molecule is CN(C)CCCN(Cc1ccco1)Cc1cn[nH]c1-c1ccccc1. The van der Waals surface area contributed by atoms with Gasteiger partial charge in [-0.2, -0.15) is 5.10 Å². The monoisotopic (exact) mass is 338 g/mol. The lowest BCUT2D eigenvalue weighted by atomic mass is 10.1. The van der Waals surface area contributed by atoms with Crippen LogP contribution in [0.3, 0.4) is 0 Å². The van der Waals surface area contributed by atoms with Gasteiger partial charge >= 0.3 is 0 Å². The van der Waals surface area contributed by atoms with Gasteiger partial charge < -0.3 is 9.32 Å². The van der Waals surface area contributed by atoms with Crippen LogP contribution in [0.4, 0.5) is 0 Å². The van der Waals surface area contributed by atoms with Crippen LogP contribution in [0.15, 0.2) is 59.3 Å². The average molecular weight is 338 g/mol. The first-order valence-electron chi connectivity index (χ1n) is 8.69. The van der Waals surface area contributed by atoms with E-state index in [1.165, 1.54) is 11.1 Å². The van der Waals surface area contributed by atoms with Gasteiger partial charge in [0, 0.05) is 18.7 Å². The summed E-state index contributed by atoms with van der Waals surface area (Å²) < 4.78 is 5.55. The largest absolute Gasteiger partial charge is 0.468 e. The molecule has 3 rings (SSSR count). The van der Waals surface area contributed by atoms with Crippen LogP contribution >= 0.6 is 0 Å². The molecule has 1 aromatic carbocycles. The van der Waals surface area contributed by atoms with Crippen molar-refractivity contribution in [3.8, 4) is 11.3 Å². The van der Waals surface area contributed by atoms with E-state index in [0.717, 1.165) is 44.1 Å². The third-order valence-electron chi connectivity index (χ3n) is 4.21. The molecule has 5 nitrogen and oxygen atoms in total. The van der Waals surface area contributed by atoms with Gasteiger partial charge in [-0.3, -0.25) is 10.00 Å². The first-order chi connectivity index (χ1) is 12.2. The van der Waals surface area contributed by atoms with E-state index in [0.29, 0.717) is 0 Å². The third-order valence-corrected chi connectivity index (χ3v) is 4.21. The minimum absolute atomic E-state index is 0.805. The van der Waals surface area contributed by atoms with E-state index in [1.54, 1.807) is 6.26 Å². The molecule has 25 heavy (non-hydrogen) atoms. The maximum absolute atomic E-state index is 5.55. The Morgan fingerprint density at radius 3 is 2.56 bits per heavy atom. The van der Waals surface area contributed by atoms with Crippen LogP contribution in [0, 0.1) is 0 Å². The predicted molar refractivity (Wildman–Crippen MR) is 100 cm³/mol. The van der Waals surface area contributed by atoms with Gasteiger partial charge in [0.05, 0.1) is 24.7 Å². The molecule has 0 saturated heterocycles. The Balaban J connectivity index is 1.72. The highest BCUT2D eigenvalue weighted by atomic mass is 16.3. The number of aromatic nitrogens is 2. The summed E-state index contributed by atoms with van der Waals surface area (Å²) in [6, 6.07) is 14.3. The minimum Gasteiger partial charge on any atom is -0.468 e. The van der Waals surface area contributed by atoms with Gasteiger partial charge in [0.2, 0.25) is 0 Å². The fourth-order valence-corrected chi connectivity index (χ4v) is 2.97. The molecule has 0 saturated carbocycles. The zero-order chi connectivity index (χ0) is 17.5. The number of aromatic amines is 1. The minimum atomic E-state index is 0.805. The number of nitrogens with one attached hydrogen (secondary N) is 1. The Morgan fingerprint density at radius 1 is 1.00 bits per heavy atom. The number of furan rings is 1. The molecule has 0 bridgehead atoms. The molecule has 1 N–H and O–H groups in total. The molecule has 0 aliphatic rings. The van der Waals surface area contributed by atoms with Gasteiger partial charge in [0.25, 0.3) is 0 Å². The maximum atomic E-state index is 5.55. The Labute approximate surface area is 149 Å². The van der Waals surface area contributed by atoms with E-state index in [1.807, 2.05) is 24.4 Å². The van der Waals surface area contributed by atoms with Crippen molar-refractivity contribution in [3.63, 3.8) is 0 Å². The van der Waals surface area contributed by atoms with Gasteiger partial charge in [-0.1, -0.05) is 30.3 Å². The first kappa shape index (κ1) is 17.5. The second kappa shape index (κ2) is 8.65.